The standard InChI is InChI=1S/C19H25Cl2N3O2/c1-23(2)12-7-3-4-8-14-26-17-11-13-24(19(25)22-17)18(21)15-9-5-6-10-16(15)20/h5-6,9-11,13,18H,3-4,7-8,12,14H2,1-2H3. The van der Waals surface area contributed by atoms with Gasteiger partial charge in [-0.1, -0.05) is 54.2 Å². The Kier molecular flexibility index (Phi) is 8.42. The van der Waals surface area contributed by atoms with Crippen LogP contribution in [-0.4, -0.2) is 41.7 Å². The highest BCUT2D eigenvalue weighted by Crippen LogP contribution is 2.27. The summed E-state index contributed by atoms with van der Waals surface area (Å²) in [6, 6.07) is 8.81. The molecule has 0 aliphatic carbocycles. The third-order valence-electron chi connectivity index (χ3n) is 3.96. The Morgan fingerprint density at radius 1 is 1.15 bits per heavy atom. The molecule has 2 rings (SSSR count). The maximum absolute atomic E-state index is 12.2. The van der Waals surface area contributed by atoms with Gasteiger partial charge in [0.1, 0.15) is 5.50 Å². The summed E-state index contributed by atoms with van der Waals surface area (Å²) in [4.78, 5) is 18.4. The lowest BCUT2D eigenvalue weighted by atomic mass is 10.2. The minimum absolute atomic E-state index is 0.322. The van der Waals surface area contributed by atoms with Crippen molar-refractivity contribution in [1.82, 2.24) is 14.5 Å². The zero-order chi connectivity index (χ0) is 18.9. The molecule has 1 unspecified atom stereocenters. The van der Waals surface area contributed by atoms with Gasteiger partial charge in [0, 0.05) is 22.8 Å². The Morgan fingerprint density at radius 2 is 1.88 bits per heavy atom. The van der Waals surface area contributed by atoms with Crippen LogP contribution in [0, 0.1) is 0 Å². The molecule has 142 valence electrons. The number of halogens is 2. The molecule has 26 heavy (non-hydrogen) atoms. The molecule has 5 nitrogen and oxygen atoms in total. The molecule has 0 radical (unpaired) electrons. The van der Waals surface area contributed by atoms with E-state index < -0.39 is 11.2 Å². The number of nitrogens with zero attached hydrogens (tertiary/aromatic N) is 3. The first-order chi connectivity index (χ1) is 12.5. The smallest absolute Gasteiger partial charge is 0.352 e. The molecule has 0 aliphatic heterocycles. The number of hydrogen-bond donors (Lipinski definition) is 0. The maximum atomic E-state index is 12.2. The van der Waals surface area contributed by atoms with E-state index in [0.29, 0.717) is 23.1 Å². The van der Waals surface area contributed by atoms with Crippen LogP contribution in [0.1, 0.15) is 36.7 Å². The molecule has 7 heteroatoms. The van der Waals surface area contributed by atoms with E-state index in [0.717, 1.165) is 19.4 Å². The molecular formula is C19H25Cl2N3O2. The minimum Gasteiger partial charge on any atom is -0.478 e. The van der Waals surface area contributed by atoms with Crippen LogP contribution in [0.3, 0.4) is 0 Å². The van der Waals surface area contributed by atoms with E-state index in [1.807, 2.05) is 12.1 Å². The van der Waals surface area contributed by atoms with Gasteiger partial charge in [-0.05, 0) is 39.5 Å². The zero-order valence-electron chi connectivity index (χ0n) is 15.2. The van der Waals surface area contributed by atoms with Crippen LogP contribution < -0.4 is 10.4 Å². The van der Waals surface area contributed by atoms with Crippen molar-refractivity contribution in [1.29, 1.82) is 0 Å². The van der Waals surface area contributed by atoms with E-state index >= 15 is 0 Å². The minimum atomic E-state index is -0.713. The van der Waals surface area contributed by atoms with Crippen molar-refractivity contribution in [2.45, 2.75) is 31.2 Å². The third-order valence-corrected chi connectivity index (χ3v) is 4.75. The summed E-state index contributed by atoms with van der Waals surface area (Å²) in [5.74, 6) is 0.322. The van der Waals surface area contributed by atoms with Gasteiger partial charge < -0.3 is 9.64 Å². The van der Waals surface area contributed by atoms with Gasteiger partial charge in [-0.3, -0.25) is 4.57 Å². The van der Waals surface area contributed by atoms with Crippen molar-refractivity contribution in [3.05, 3.63) is 57.6 Å². The number of alkyl halides is 1. The number of unbranched alkanes of at least 4 members (excludes halogenated alkanes) is 3. The van der Waals surface area contributed by atoms with Crippen LogP contribution in [0.2, 0.25) is 5.02 Å². The van der Waals surface area contributed by atoms with E-state index in [2.05, 4.69) is 24.0 Å². The summed E-state index contributed by atoms with van der Waals surface area (Å²) in [5, 5.41) is 0.508. The lowest BCUT2D eigenvalue weighted by molar-refractivity contribution is 0.289. The van der Waals surface area contributed by atoms with Crippen LogP contribution in [0.4, 0.5) is 0 Å². The van der Waals surface area contributed by atoms with Crippen LogP contribution in [0.5, 0.6) is 5.88 Å². The fraction of sp³-hybridized carbons (Fsp3) is 0.474. The second-order valence-corrected chi connectivity index (χ2v) is 7.20. The molecule has 0 aliphatic rings. The first-order valence-electron chi connectivity index (χ1n) is 8.74. The van der Waals surface area contributed by atoms with Crippen molar-refractivity contribution >= 4 is 23.2 Å². The zero-order valence-corrected chi connectivity index (χ0v) is 16.7. The Balaban J connectivity index is 1.85. The highest BCUT2D eigenvalue weighted by molar-refractivity contribution is 6.32. The number of aromatic nitrogens is 2. The Morgan fingerprint density at radius 3 is 2.58 bits per heavy atom. The number of ether oxygens (including phenoxy) is 1. The molecule has 1 aromatic carbocycles. The summed E-state index contributed by atoms with van der Waals surface area (Å²) < 4.78 is 6.90. The topological polar surface area (TPSA) is 47.4 Å². The van der Waals surface area contributed by atoms with E-state index in [-0.39, 0.29) is 0 Å². The predicted octanol–water partition coefficient (Wildman–Crippen LogP) is 4.18. The quantitative estimate of drug-likeness (QED) is 0.445. The number of rotatable bonds is 10. The first kappa shape index (κ1) is 20.7. The van der Waals surface area contributed by atoms with Gasteiger partial charge in [0.25, 0.3) is 0 Å². The predicted molar refractivity (Wildman–Crippen MR) is 106 cm³/mol. The van der Waals surface area contributed by atoms with Gasteiger partial charge in [-0.15, -0.1) is 0 Å². The van der Waals surface area contributed by atoms with Crippen LogP contribution in [0.15, 0.2) is 41.3 Å². The summed E-state index contributed by atoms with van der Waals surface area (Å²) >= 11 is 12.5. The van der Waals surface area contributed by atoms with Gasteiger partial charge in [0.2, 0.25) is 5.88 Å². The lowest BCUT2D eigenvalue weighted by Crippen LogP contribution is -2.25. The molecule has 0 N–H and O–H groups in total. The van der Waals surface area contributed by atoms with Crippen molar-refractivity contribution in [3.8, 4) is 5.88 Å². The fourth-order valence-electron chi connectivity index (χ4n) is 2.53. The van der Waals surface area contributed by atoms with Gasteiger partial charge in [0.15, 0.2) is 0 Å². The van der Waals surface area contributed by atoms with E-state index in [4.69, 9.17) is 27.9 Å². The summed E-state index contributed by atoms with van der Waals surface area (Å²) in [6.45, 7) is 1.65. The molecule has 1 aromatic heterocycles. The van der Waals surface area contributed by atoms with Crippen LogP contribution >= 0.6 is 23.2 Å². The molecule has 0 saturated heterocycles. The highest BCUT2D eigenvalue weighted by atomic mass is 35.5. The van der Waals surface area contributed by atoms with Crippen molar-refractivity contribution in [2.24, 2.45) is 0 Å². The highest BCUT2D eigenvalue weighted by Gasteiger charge is 2.15. The molecule has 1 atom stereocenters. The fourth-order valence-corrected chi connectivity index (χ4v) is 3.16. The summed E-state index contributed by atoms with van der Waals surface area (Å²) in [7, 11) is 4.15. The molecule has 0 saturated carbocycles. The molecule has 0 spiro atoms. The van der Waals surface area contributed by atoms with Gasteiger partial charge in [0.05, 0.1) is 6.61 Å². The van der Waals surface area contributed by atoms with Crippen molar-refractivity contribution in [2.75, 3.05) is 27.2 Å². The van der Waals surface area contributed by atoms with E-state index in [1.165, 1.54) is 17.4 Å². The second-order valence-electron chi connectivity index (χ2n) is 6.38. The Bertz CT molecular complexity index is 750. The van der Waals surface area contributed by atoms with Gasteiger partial charge in [-0.25, -0.2) is 4.79 Å². The van der Waals surface area contributed by atoms with E-state index in [1.54, 1.807) is 24.4 Å². The van der Waals surface area contributed by atoms with Gasteiger partial charge in [-0.2, -0.15) is 4.98 Å². The van der Waals surface area contributed by atoms with Crippen LogP contribution in [0.25, 0.3) is 0 Å². The number of benzene rings is 1. The lowest BCUT2D eigenvalue weighted by Gasteiger charge is -2.14. The second kappa shape index (κ2) is 10.6. The van der Waals surface area contributed by atoms with Crippen LogP contribution in [-0.2, 0) is 0 Å². The normalized spacial score (nSPS) is 12.3. The average Bonchev–Trinajstić information content (AvgIpc) is 2.60. The SMILES string of the molecule is CN(C)CCCCCCOc1ccn(C(Cl)c2ccccc2Cl)c(=O)n1. The summed E-state index contributed by atoms with van der Waals surface area (Å²) in [6.07, 6.45) is 5.97. The Labute approximate surface area is 164 Å². The van der Waals surface area contributed by atoms with E-state index in [9.17, 15) is 4.79 Å². The van der Waals surface area contributed by atoms with Gasteiger partial charge >= 0.3 is 5.69 Å². The molecule has 0 fully saturated rings. The maximum Gasteiger partial charge on any atom is 0.352 e. The molecule has 0 bridgehead atoms. The monoisotopic (exact) mass is 397 g/mol. The Hall–Kier alpha value is -1.56. The van der Waals surface area contributed by atoms with Crippen molar-refractivity contribution < 1.29 is 4.74 Å². The summed E-state index contributed by atoms with van der Waals surface area (Å²) in [5.41, 5.74) is -0.519. The third kappa shape index (κ3) is 6.31. The first-order valence-corrected chi connectivity index (χ1v) is 9.55. The largest absolute Gasteiger partial charge is 0.478 e. The van der Waals surface area contributed by atoms with Crippen molar-refractivity contribution in [3.63, 3.8) is 0 Å². The molecular weight excluding hydrogens is 373 g/mol. The molecule has 0 amide bonds. The molecule has 2 aromatic rings. The molecule has 1 heterocycles. The average molecular weight is 398 g/mol. The number of hydrogen-bond acceptors (Lipinski definition) is 4.